The summed E-state index contributed by atoms with van der Waals surface area (Å²) in [5, 5.41) is 0. The van der Waals surface area contributed by atoms with Gasteiger partial charge >= 0.3 is 0 Å². The molecule has 2 atom stereocenters. The third-order valence-corrected chi connectivity index (χ3v) is 6.67. The van der Waals surface area contributed by atoms with E-state index in [-0.39, 0.29) is 0 Å². The number of carbonyl (C=O) groups excluding carboxylic acids is 1. The van der Waals surface area contributed by atoms with Gasteiger partial charge in [0, 0.05) is 51.2 Å². The fraction of sp³-hybridized carbons (Fsp3) is 0.762. The van der Waals surface area contributed by atoms with E-state index < -0.39 is 0 Å². The summed E-state index contributed by atoms with van der Waals surface area (Å²) in [5.74, 6) is 2.16. The second kappa shape index (κ2) is 8.13. The summed E-state index contributed by atoms with van der Waals surface area (Å²) in [6.07, 6.45) is 8.39. The van der Waals surface area contributed by atoms with E-state index >= 15 is 0 Å². The van der Waals surface area contributed by atoms with Crippen molar-refractivity contribution in [1.82, 2.24) is 14.7 Å². The van der Waals surface area contributed by atoms with Crippen molar-refractivity contribution in [2.24, 2.45) is 5.92 Å². The first-order chi connectivity index (χ1) is 12.7. The average molecular weight is 360 g/mol. The number of amides is 1. The quantitative estimate of drug-likeness (QED) is 0.810. The van der Waals surface area contributed by atoms with Crippen LogP contribution in [0.5, 0.6) is 0 Å². The van der Waals surface area contributed by atoms with Crippen LogP contribution >= 0.6 is 0 Å². The van der Waals surface area contributed by atoms with Crippen LogP contribution < -0.4 is 0 Å². The Hall–Kier alpha value is -1.33. The summed E-state index contributed by atoms with van der Waals surface area (Å²) in [4.78, 5) is 19.8. The van der Waals surface area contributed by atoms with Crippen LogP contribution in [0.15, 0.2) is 22.8 Å². The van der Waals surface area contributed by atoms with Crippen molar-refractivity contribution in [3.05, 3.63) is 24.2 Å². The van der Waals surface area contributed by atoms with Gasteiger partial charge in [-0.2, -0.15) is 0 Å². The molecule has 1 aromatic heterocycles. The fourth-order valence-corrected chi connectivity index (χ4v) is 5.31. The highest BCUT2D eigenvalue weighted by Crippen LogP contribution is 2.33. The van der Waals surface area contributed by atoms with Gasteiger partial charge in [-0.1, -0.05) is 6.92 Å². The summed E-state index contributed by atoms with van der Waals surface area (Å²) in [6, 6.07) is 5.28. The number of carbonyl (C=O) groups is 1. The van der Waals surface area contributed by atoms with Crippen LogP contribution in [-0.4, -0.2) is 65.4 Å². The first-order valence-electron chi connectivity index (χ1n) is 10.5. The number of furan rings is 1. The van der Waals surface area contributed by atoms with E-state index in [1.54, 1.807) is 6.26 Å². The van der Waals surface area contributed by atoms with Gasteiger partial charge in [-0.3, -0.25) is 14.6 Å². The molecule has 5 nitrogen and oxygen atoms in total. The van der Waals surface area contributed by atoms with E-state index in [1.165, 1.54) is 25.8 Å². The molecule has 4 heterocycles. The lowest BCUT2D eigenvalue weighted by Gasteiger charge is -2.50. The smallest absolute Gasteiger partial charge is 0.222 e. The van der Waals surface area contributed by atoms with Crippen LogP contribution in [0.1, 0.15) is 51.2 Å². The summed E-state index contributed by atoms with van der Waals surface area (Å²) in [5.41, 5.74) is 0. The third kappa shape index (κ3) is 3.84. The average Bonchev–Trinajstić information content (AvgIpc) is 3.17. The normalized spacial score (nSPS) is 29.1. The lowest BCUT2D eigenvalue weighted by Crippen LogP contribution is -2.58. The van der Waals surface area contributed by atoms with Crippen molar-refractivity contribution in [1.29, 1.82) is 0 Å². The molecule has 0 N–H and O–H groups in total. The zero-order valence-electron chi connectivity index (χ0n) is 16.1. The van der Waals surface area contributed by atoms with E-state index in [4.69, 9.17) is 4.42 Å². The van der Waals surface area contributed by atoms with Gasteiger partial charge in [0.15, 0.2) is 0 Å². The number of hydrogen-bond acceptors (Lipinski definition) is 4. The van der Waals surface area contributed by atoms with Gasteiger partial charge in [0.05, 0.1) is 12.8 Å². The number of hydrogen-bond donors (Lipinski definition) is 0. The summed E-state index contributed by atoms with van der Waals surface area (Å²) >= 11 is 0. The zero-order valence-corrected chi connectivity index (χ0v) is 16.1. The van der Waals surface area contributed by atoms with Gasteiger partial charge in [-0.15, -0.1) is 0 Å². The van der Waals surface area contributed by atoms with Crippen molar-refractivity contribution in [3.63, 3.8) is 0 Å². The molecule has 5 heteroatoms. The molecule has 1 aromatic rings. The van der Waals surface area contributed by atoms with Crippen LogP contribution in [0.2, 0.25) is 0 Å². The van der Waals surface area contributed by atoms with Gasteiger partial charge in [0.25, 0.3) is 0 Å². The maximum Gasteiger partial charge on any atom is 0.222 e. The van der Waals surface area contributed by atoms with Gasteiger partial charge < -0.3 is 9.32 Å². The molecule has 0 bridgehead atoms. The minimum atomic E-state index is 0.396. The van der Waals surface area contributed by atoms with Gasteiger partial charge in [-0.05, 0) is 50.2 Å². The Kier molecular flexibility index (Phi) is 5.65. The number of nitrogens with zero attached hydrogens (tertiary/aromatic N) is 3. The SMILES string of the molecule is CCCN1C(=O)CC[C@H]2CN(C3CCN(Cc4ccco4)CC3)CC[C@H]21. The van der Waals surface area contributed by atoms with E-state index in [2.05, 4.69) is 27.7 Å². The molecular formula is C21H33N3O2. The largest absolute Gasteiger partial charge is 0.468 e. The van der Waals surface area contributed by atoms with Gasteiger partial charge in [-0.25, -0.2) is 0 Å². The number of piperidine rings is 3. The minimum Gasteiger partial charge on any atom is -0.468 e. The predicted molar refractivity (Wildman–Crippen MR) is 102 cm³/mol. The molecule has 3 aliphatic heterocycles. The summed E-state index contributed by atoms with van der Waals surface area (Å²) in [7, 11) is 0. The molecule has 0 unspecified atom stereocenters. The fourth-order valence-electron chi connectivity index (χ4n) is 5.31. The van der Waals surface area contributed by atoms with Crippen LogP contribution in [0.4, 0.5) is 0 Å². The van der Waals surface area contributed by atoms with Crippen molar-refractivity contribution in [2.75, 3.05) is 32.7 Å². The van der Waals surface area contributed by atoms with Gasteiger partial charge in [0.2, 0.25) is 5.91 Å². The third-order valence-electron chi connectivity index (χ3n) is 6.67. The Morgan fingerprint density at radius 3 is 2.73 bits per heavy atom. The van der Waals surface area contributed by atoms with Crippen LogP contribution in [0.25, 0.3) is 0 Å². The van der Waals surface area contributed by atoms with Crippen LogP contribution in [0.3, 0.4) is 0 Å². The topological polar surface area (TPSA) is 39.9 Å². The number of rotatable bonds is 5. The molecule has 144 valence electrons. The molecule has 0 saturated carbocycles. The Bertz CT molecular complexity index is 580. The molecule has 3 fully saturated rings. The highest BCUT2D eigenvalue weighted by atomic mass is 16.3. The first kappa shape index (κ1) is 18.1. The van der Waals surface area contributed by atoms with Crippen molar-refractivity contribution in [2.45, 2.75) is 64.1 Å². The molecule has 4 rings (SSSR count). The van der Waals surface area contributed by atoms with E-state index in [0.717, 1.165) is 63.8 Å². The van der Waals surface area contributed by atoms with Crippen LogP contribution in [-0.2, 0) is 11.3 Å². The molecule has 0 aliphatic carbocycles. The predicted octanol–water partition coefficient (Wildman–Crippen LogP) is 2.97. The highest BCUT2D eigenvalue weighted by molar-refractivity contribution is 5.77. The zero-order chi connectivity index (χ0) is 17.9. The standard InChI is InChI=1S/C21H33N3O2/c1-2-10-24-20-9-13-23(15-17(20)5-6-21(24)25)18-7-11-22(12-8-18)16-19-4-3-14-26-19/h3-4,14,17-18,20H,2,5-13,15-16H2,1H3/t17-,20+/m0/s1. The maximum atomic E-state index is 12.3. The lowest BCUT2D eigenvalue weighted by molar-refractivity contribution is -0.141. The molecule has 3 saturated heterocycles. The Morgan fingerprint density at radius 1 is 1.15 bits per heavy atom. The van der Waals surface area contributed by atoms with E-state index in [0.29, 0.717) is 17.9 Å². The highest BCUT2D eigenvalue weighted by Gasteiger charge is 2.40. The van der Waals surface area contributed by atoms with Gasteiger partial charge in [0.1, 0.15) is 5.76 Å². The minimum absolute atomic E-state index is 0.396. The van der Waals surface area contributed by atoms with E-state index in [9.17, 15) is 4.79 Å². The Balaban J connectivity index is 1.29. The molecule has 0 aromatic carbocycles. The van der Waals surface area contributed by atoms with Crippen molar-refractivity contribution in [3.8, 4) is 0 Å². The van der Waals surface area contributed by atoms with Crippen molar-refractivity contribution >= 4 is 5.91 Å². The lowest BCUT2D eigenvalue weighted by atomic mass is 9.82. The number of fused-ring (bicyclic) bond motifs is 1. The second-order valence-corrected chi connectivity index (χ2v) is 8.32. The molecule has 26 heavy (non-hydrogen) atoms. The first-order valence-corrected chi connectivity index (χ1v) is 10.5. The Labute approximate surface area is 157 Å². The Morgan fingerprint density at radius 2 is 2.00 bits per heavy atom. The molecular weight excluding hydrogens is 326 g/mol. The molecule has 0 radical (unpaired) electrons. The number of likely N-dealkylation sites (tertiary alicyclic amines) is 3. The molecule has 0 spiro atoms. The molecule has 1 amide bonds. The van der Waals surface area contributed by atoms with Crippen LogP contribution in [0, 0.1) is 5.92 Å². The summed E-state index contributed by atoms with van der Waals surface area (Å²) in [6.45, 7) is 8.76. The molecule has 3 aliphatic rings. The van der Waals surface area contributed by atoms with E-state index in [1.807, 2.05) is 6.07 Å². The summed E-state index contributed by atoms with van der Waals surface area (Å²) < 4.78 is 5.49. The second-order valence-electron chi connectivity index (χ2n) is 8.32. The maximum absolute atomic E-state index is 12.3. The monoisotopic (exact) mass is 359 g/mol. The van der Waals surface area contributed by atoms with Crippen molar-refractivity contribution < 1.29 is 9.21 Å².